The van der Waals surface area contributed by atoms with Crippen LogP contribution in [-0.4, -0.2) is 11.5 Å². The minimum atomic E-state index is -0.341. The fourth-order valence-corrected chi connectivity index (χ4v) is 4.44. The zero-order valence-corrected chi connectivity index (χ0v) is 19.1. The van der Waals surface area contributed by atoms with Crippen LogP contribution in [0.4, 0.5) is 4.39 Å². The first-order chi connectivity index (χ1) is 14.6. The monoisotopic (exact) mass is 504 g/mol. The fourth-order valence-electron chi connectivity index (χ4n) is 3.14. The van der Waals surface area contributed by atoms with E-state index in [1.54, 1.807) is 18.0 Å². The molecule has 0 bridgehead atoms. The summed E-state index contributed by atoms with van der Waals surface area (Å²) in [6.07, 6.45) is 4.05. The van der Waals surface area contributed by atoms with Crippen LogP contribution in [0.25, 0.3) is 10.9 Å². The molecule has 1 aromatic heterocycles. The topological polar surface area (TPSA) is 37.0 Å². The Balaban J connectivity index is 1.24. The van der Waals surface area contributed by atoms with Gasteiger partial charge in [-0.25, -0.2) is 4.39 Å². The molecular formula is C23H19BrClFN2OS. The fraction of sp³-hybridized carbons (Fsp3) is 0.130. The highest BCUT2D eigenvalue weighted by atomic mass is 79.9. The summed E-state index contributed by atoms with van der Waals surface area (Å²) in [5.74, 6) is 0.778. The smallest absolute Gasteiger partial charge is 0.131 e. The molecule has 0 aliphatic heterocycles. The Bertz CT molecular complexity index is 1130. The van der Waals surface area contributed by atoms with Crippen molar-refractivity contribution in [1.29, 1.82) is 0 Å². The molecule has 7 heteroatoms. The lowest BCUT2D eigenvalue weighted by molar-refractivity contribution is 0.476. The number of H-pyrrole nitrogens is 1. The molecule has 4 rings (SSSR count). The number of ether oxygens (including phenoxy) is 1. The summed E-state index contributed by atoms with van der Waals surface area (Å²) in [4.78, 5) is 4.38. The number of hydrogen-bond acceptors (Lipinski definition) is 3. The predicted octanol–water partition coefficient (Wildman–Crippen LogP) is 7.74. The van der Waals surface area contributed by atoms with Gasteiger partial charge in [0.25, 0.3) is 0 Å². The summed E-state index contributed by atoms with van der Waals surface area (Å²) >= 11 is 11.0. The molecule has 2 N–H and O–H groups in total. The van der Waals surface area contributed by atoms with E-state index in [1.807, 2.05) is 42.5 Å². The van der Waals surface area contributed by atoms with Crippen LogP contribution in [0, 0.1) is 5.82 Å². The molecule has 0 amide bonds. The van der Waals surface area contributed by atoms with Crippen molar-refractivity contribution in [2.75, 3.05) is 6.54 Å². The van der Waals surface area contributed by atoms with Crippen LogP contribution in [0.1, 0.15) is 12.0 Å². The van der Waals surface area contributed by atoms with E-state index in [0.717, 1.165) is 34.8 Å². The van der Waals surface area contributed by atoms with Crippen LogP contribution < -0.4 is 9.46 Å². The molecule has 3 aromatic carbocycles. The van der Waals surface area contributed by atoms with Crippen LogP contribution in [0.15, 0.2) is 76.2 Å². The van der Waals surface area contributed by atoms with E-state index in [4.69, 9.17) is 16.3 Å². The normalized spacial score (nSPS) is 11.2. The van der Waals surface area contributed by atoms with Gasteiger partial charge in [-0.3, -0.25) is 4.72 Å². The van der Waals surface area contributed by atoms with Crippen molar-refractivity contribution in [2.24, 2.45) is 0 Å². The Morgan fingerprint density at radius 1 is 1.03 bits per heavy atom. The van der Waals surface area contributed by atoms with Crippen LogP contribution in [-0.2, 0) is 6.42 Å². The zero-order chi connectivity index (χ0) is 20.9. The summed E-state index contributed by atoms with van der Waals surface area (Å²) < 4.78 is 23.2. The van der Waals surface area contributed by atoms with E-state index in [2.05, 4.69) is 31.8 Å². The molecule has 0 spiro atoms. The van der Waals surface area contributed by atoms with Crippen LogP contribution in [0.2, 0.25) is 5.02 Å². The van der Waals surface area contributed by atoms with E-state index in [0.29, 0.717) is 16.0 Å². The average Bonchev–Trinajstić information content (AvgIpc) is 3.10. The molecule has 4 aromatic rings. The van der Waals surface area contributed by atoms with Gasteiger partial charge in [-0.1, -0.05) is 27.5 Å². The summed E-state index contributed by atoms with van der Waals surface area (Å²) in [5, 5.41) is 1.95. The van der Waals surface area contributed by atoms with Crippen LogP contribution in [0.5, 0.6) is 11.5 Å². The molecule has 0 fully saturated rings. The van der Waals surface area contributed by atoms with E-state index in [1.165, 1.54) is 23.1 Å². The molecule has 3 nitrogen and oxygen atoms in total. The lowest BCUT2D eigenvalue weighted by Gasteiger charge is -2.08. The van der Waals surface area contributed by atoms with E-state index in [-0.39, 0.29) is 5.82 Å². The van der Waals surface area contributed by atoms with Gasteiger partial charge < -0.3 is 9.72 Å². The molecule has 0 saturated heterocycles. The van der Waals surface area contributed by atoms with E-state index < -0.39 is 0 Å². The first-order valence-corrected chi connectivity index (χ1v) is 11.4. The molecule has 0 radical (unpaired) electrons. The maximum atomic E-state index is 13.5. The van der Waals surface area contributed by atoms with Crippen LogP contribution >= 0.6 is 39.5 Å². The van der Waals surface area contributed by atoms with Gasteiger partial charge in [-0.2, -0.15) is 0 Å². The minimum absolute atomic E-state index is 0.341. The maximum Gasteiger partial charge on any atom is 0.131 e. The Hall–Kier alpha value is -1.99. The second-order valence-electron chi connectivity index (χ2n) is 6.78. The molecule has 30 heavy (non-hydrogen) atoms. The average molecular weight is 506 g/mol. The summed E-state index contributed by atoms with van der Waals surface area (Å²) in [6, 6.07) is 18.1. The number of aromatic amines is 1. The lowest BCUT2D eigenvalue weighted by atomic mass is 10.1. The Morgan fingerprint density at radius 3 is 2.67 bits per heavy atom. The van der Waals surface area contributed by atoms with Gasteiger partial charge in [0, 0.05) is 44.1 Å². The minimum Gasteiger partial charge on any atom is -0.457 e. The summed E-state index contributed by atoms with van der Waals surface area (Å²) in [5.41, 5.74) is 2.40. The van der Waals surface area contributed by atoms with Crippen molar-refractivity contribution in [1.82, 2.24) is 9.71 Å². The van der Waals surface area contributed by atoms with Crippen molar-refractivity contribution < 1.29 is 9.13 Å². The number of fused-ring (bicyclic) bond motifs is 1. The molecule has 0 saturated carbocycles. The molecular weight excluding hydrogens is 487 g/mol. The highest BCUT2D eigenvalue weighted by Crippen LogP contribution is 2.28. The molecule has 0 atom stereocenters. The second-order valence-corrected chi connectivity index (χ2v) is 9.10. The SMILES string of the molecule is Fc1cc(Br)cc(Oc2ccc(SNCCCc3c[nH]c4ccc(Cl)cc34)cc2)c1. The number of aromatic nitrogens is 1. The molecule has 0 aliphatic rings. The number of aryl methyl sites for hydroxylation is 1. The highest BCUT2D eigenvalue weighted by Gasteiger charge is 2.05. The van der Waals surface area contributed by atoms with Crippen LogP contribution in [0.3, 0.4) is 0 Å². The number of hydrogen-bond donors (Lipinski definition) is 2. The number of nitrogens with one attached hydrogen (secondary N) is 2. The molecule has 154 valence electrons. The van der Waals surface area contributed by atoms with Crippen molar-refractivity contribution in [3.8, 4) is 11.5 Å². The van der Waals surface area contributed by atoms with Crippen molar-refractivity contribution in [3.05, 3.63) is 87.7 Å². The molecule has 0 aliphatic carbocycles. The van der Waals surface area contributed by atoms with Gasteiger partial charge in [-0.05, 0) is 85.0 Å². The predicted molar refractivity (Wildman–Crippen MR) is 126 cm³/mol. The zero-order valence-electron chi connectivity index (χ0n) is 15.9. The Morgan fingerprint density at radius 2 is 1.87 bits per heavy atom. The van der Waals surface area contributed by atoms with E-state index in [9.17, 15) is 4.39 Å². The van der Waals surface area contributed by atoms with Gasteiger partial charge in [0.15, 0.2) is 0 Å². The van der Waals surface area contributed by atoms with Crippen molar-refractivity contribution in [2.45, 2.75) is 17.7 Å². The third-order valence-corrected chi connectivity index (χ3v) is 6.09. The number of rotatable bonds is 8. The third-order valence-electron chi connectivity index (χ3n) is 4.54. The quantitative estimate of drug-likeness (QED) is 0.190. The van der Waals surface area contributed by atoms with Gasteiger partial charge in [0.05, 0.1) is 0 Å². The van der Waals surface area contributed by atoms with Gasteiger partial charge in [0.1, 0.15) is 17.3 Å². The largest absolute Gasteiger partial charge is 0.457 e. The Kier molecular flexibility index (Phi) is 7.00. The lowest BCUT2D eigenvalue weighted by Crippen LogP contribution is -2.06. The first-order valence-electron chi connectivity index (χ1n) is 9.46. The van der Waals surface area contributed by atoms with Gasteiger partial charge >= 0.3 is 0 Å². The Labute approximate surface area is 192 Å². The highest BCUT2D eigenvalue weighted by molar-refractivity contribution is 9.10. The first kappa shape index (κ1) is 21.2. The second kappa shape index (κ2) is 9.88. The van der Waals surface area contributed by atoms with Crippen molar-refractivity contribution >= 4 is 50.4 Å². The standard InChI is InChI=1S/C23H19BrClFN2OS/c24-16-10-18(26)13-20(11-16)29-19-4-6-21(7-5-19)30-28-9-1-2-15-14-27-23-8-3-17(25)12-22(15)23/h3-8,10-14,27-28H,1-2,9H2. The van der Waals surface area contributed by atoms with Gasteiger partial charge in [-0.15, -0.1) is 0 Å². The van der Waals surface area contributed by atoms with Crippen molar-refractivity contribution in [3.63, 3.8) is 0 Å². The van der Waals surface area contributed by atoms with E-state index >= 15 is 0 Å². The number of halogens is 3. The molecule has 1 heterocycles. The third kappa shape index (κ3) is 5.58. The maximum absolute atomic E-state index is 13.5. The van der Waals surface area contributed by atoms with Gasteiger partial charge in [0.2, 0.25) is 0 Å². The summed E-state index contributed by atoms with van der Waals surface area (Å²) in [7, 11) is 0. The summed E-state index contributed by atoms with van der Waals surface area (Å²) in [6.45, 7) is 0.882. The number of benzene rings is 3. The molecule has 0 unspecified atom stereocenters.